The lowest BCUT2D eigenvalue weighted by molar-refractivity contribution is -0.145. The van der Waals surface area contributed by atoms with Gasteiger partial charge in [-0.25, -0.2) is 0 Å². The fourth-order valence-electron chi connectivity index (χ4n) is 4.10. The minimum absolute atomic E-state index is 0.108. The molecule has 2 unspecified atom stereocenters. The topological polar surface area (TPSA) is 40.5 Å². The van der Waals surface area contributed by atoms with Crippen LogP contribution in [0.3, 0.4) is 0 Å². The Balaban J connectivity index is 2.24. The van der Waals surface area contributed by atoms with Crippen LogP contribution in [0.25, 0.3) is 0 Å². The van der Waals surface area contributed by atoms with Crippen molar-refractivity contribution >= 4 is 5.97 Å². The van der Waals surface area contributed by atoms with Crippen molar-refractivity contribution < 1.29 is 23.1 Å². The number of piperidine rings is 1. The average Bonchev–Trinajstić information content (AvgIpc) is 2.64. The number of halogens is 3. The molecule has 1 heterocycles. The van der Waals surface area contributed by atoms with E-state index in [0.717, 1.165) is 35.6 Å². The third kappa shape index (κ3) is 4.07. The van der Waals surface area contributed by atoms with E-state index in [1.54, 1.807) is 11.0 Å². The number of carboxylic acids is 1. The fraction of sp³-hybridized carbons (Fsp3) is 0.409. The molecule has 0 amide bonds. The minimum atomic E-state index is -4.51. The number of benzene rings is 2. The average molecular weight is 391 g/mol. The number of alkyl halides is 3. The van der Waals surface area contributed by atoms with Gasteiger partial charge in [-0.15, -0.1) is 0 Å². The van der Waals surface area contributed by atoms with Crippen molar-refractivity contribution in [1.29, 1.82) is 0 Å². The number of carbonyl (C=O) groups is 1. The maximum Gasteiger partial charge on any atom is 0.416 e. The van der Waals surface area contributed by atoms with Crippen molar-refractivity contribution in [3.8, 4) is 0 Å². The Hall–Kier alpha value is -2.34. The standard InChI is InChI=1S/C22H24F3NO2/c1-14-10-11-15(2)17(13-14)20(26-12-6-5-9-19(26)21(27)28)16-7-3-4-8-18(16)22(23,24)25/h3-4,7-8,10-11,13,19-20H,5-6,9,12H2,1-2H3,(H,27,28). The molecule has 6 heteroatoms. The molecular weight excluding hydrogens is 367 g/mol. The molecule has 1 aliphatic rings. The minimum Gasteiger partial charge on any atom is -0.480 e. The molecule has 0 saturated carbocycles. The van der Waals surface area contributed by atoms with Gasteiger partial charge in [0.25, 0.3) is 0 Å². The van der Waals surface area contributed by atoms with Crippen LogP contribution in [-0.2, 0) is 11.0 Å². The first-order valence-electron chi connectivity index (χ1n) is 9.42. The number of hydrogen-bond acceptors (Lipinski definition) is 2. The lowest BCUT2D eigenvalue weighted by atomic mass is 9.86. The summed E-state index contributed by atoms with van der Waals surface area (Å²) in [5.41, 5.74) is 1.90. The smallest absolute Gasteiger partial charge is 0.416 e. The molecular formula is C22H24F3NO2. The summed E-state index contributed by atoms with van der Waals surface area (Å²) in [6.45, 7) is 4.19. The molecule has 1 aliphatic heterocycles. The van der Waals surface area contributed by atoms with Crippen LogP contribution in [0.2, 0.25) is 0 Å². The zero-order valence-electron chi connectivity index (χ0n) is 16.0. The molecule has 0 spiro atoms. The summed E-state index contributed by atoms with van der Waals surface area (Å²) in [5, 5.41) is 9.74. The Morgan fingerprint density at radius 3 is 2.50 bits per heavy atom. The van der Waals surface area contributed by atoms with Crippen molar-refractivity contribution in [2.24, 2.45) is 0 Å². The predicted molar refractivity (Wildman–Crippen MR) is 101 cm³/mol. The third-order valence-electron chi connectivity index (χ3n) is 5.45. The Morgan fingerprint density at radius 1 is 1.11 bits per heavy atom. The van der Waals surface area contributed by atoms with Gasteiger partial charge in [-0.05, 0) is 56.0 Å². The Kier molecular flexibility index (Phi) is 5.79. The summed E-state index contributed by atoms with van der Waals surface area (Å²) >= 11 is 0. The molecule has 1 fully saturated rings. The first-order chi connectivity index (χ1) is 13.2. The molecule has 2 aromatic carbocycles. The summed E-state index contributed by atoms with van der Waals surface area (Å²) in [6.07, 6.45) is -2.56. The predicted octanol–water partition coefficient (Wildman–Crippen LogP) is 5.35. The molecule has 0 aromatic heterocycles. The van der Waals surface area contributed by atoms with Gasteiger partial charge in [-0.2, -0.15) is 13.2 Å². The van der Waals surface area contributed by atoms with Crippen LogP contribution in [0.4, 0.5) is 13.2 Å². The highest BCUT2D eigenvalue weighted by molar-refractivity contribution is 5.73. The molecule has 1 saturated heterocycles. The van der Waals surface area contributed by atoms with E-state index in [-0.39, 0.29) is 5.56 Å². The van der Waals surface area contributed by atoms with Crippen molar-refractivity contribution in [3.63, 3.8) is 0 Å². The highest BCUT2D eigenvalue weighted by Crippen LogP contribution is 2.42. The van der Waals surface area contributed by atoms with Gasteiger partial charge < -0.3 is 5.11 Å². The molecule has 3 rings (SSSR count). The van der Waals surface area contributed by atoms with Crippen LogP contribution < -0.4 is 0 Å². The maximum absolute atomic E-state index is 13.8. The maximum atomic E-state index is 13.8. The van der Waals surface area contributed by atoms with Crippen molar-refractivity contribution in [1.82, 2.24) is 4.90 Å². The first kappa shape index (κ1) is 20.4. The van der Waals surface area contributed by atoms with E-state index in [4.69, 9.17) is 0 Å². The second kappa shape index (κ2) is 7.95. The van der Waals surface area contributed by atoms with Gasteiger partial charge in [0, 0.05) is 0 Å². The van der Waals surface area contributed by atoms with Crippen LogP contribution in [-0.4, -0.2) is 28.6 Å². The van der Waals surface area contributed by atoms with Gasteiger partial charge in [-0.3, -0.25) is 9.69 Å². The number of carboxylic acid groups (broad SMARTS) is 1. The zero-order valence-corrected chi connectivity index (χ0v) is 16.0. The van der Waals surface area contributed by atoms with Crippen LogP contribution in [0.15, 0.2) is 42.5 Å². The van der Waals surface area contributed by atoms with Crippen LogP contribution in [0.5, 0.6) is 0 Å². The van der Waals surface area contributed by atoms with E-state index in [2.05, 4.69) is 0 Å². The molecule has 3 nitrogen and oxygen atoms in total. The summed E-state index contributed by atoms with van der Waals surface area (Å²) in [6, 6.07) is 9.61. The molecule has 0 radical (unpaired) electrons. The van der Waals surface area contributed by atoms with Gasteiger partial charge >= 0.3 is 12.1 Å². The van der Waals surface area contributed by atoms with E-state index in [1.165, 1.54) is 12.1 Å². The lowest BCUT2D eigenvalue weighted by Gasteiger charge is -2.41. The van der Waals surface area contributed by atoms with Gasteiger partial charge in [0.2, 0.25) is 0 Å². The number of nitrogens with zero attached hydrogens (tertiary/aromatic N) is 1. The third-order valence-corrected chi connectivity index (χ3v) is 5.45. The number of hydrogen-bond donors (Lipinski definition) is 1. The van der Waals surface area contributed by atoms with Crippen LogP contribution in [0, 0.1) is 13.8 Å². The summed E-state index contributed by atoms with van der Waals surface area (Å²) in [5.74, 6) is -0.987. The van der Waals surface area contributed by atoms with Gasteiger partial charge in [-0.1, -0.05) is 48.4 Å². The molecule has 28 heavy (non-hydrogen) atoms. The second-order valence-corrected chi connectivity index (χ2v) is 7.44. The molecule has 2 aromatic rings. The van der Waals surface area contributed by atoms with E-state index in [9.17, 15) is 23.1 Å². The Morgan fingerprint density at radius 2 is 1.82 bits per heavy atom. The van der Waals surface area contributed by atoms with Crippen molar-refractivity contribution in [2.45, 2.75) is 51.4 Å². The second-order valence-electron chi connectivity index (χ2n) is 7.44. The van der Waals surface area contributed by atoms with Crippen molar-refractivity contribution in [3.05, 3.63) is 70.3 Å². The lowest BCUT2D eigenvalue weighted by Crippen LogP contribution is -2.47. The van der Waals surface area contributed by atoms with E-state index in [1.807, 2.05) is 32.0 Å². The van der Waals surface area contributed by atoms with E-state index in [0.29, 0.717) is 13.0 Å². The fourth-order valence-corrected chi connectivity index (χ4v) is 4.10. The molecule has 2 atom stereocenters. The molecule has 0 aliphatic carbocycles. The van der Waals surface area contributed by atoms with E-state index < -0.39 is 29.8 Å². The van der Waals surface area contributed by atoms with Gasteiger partial charge in [0.05, 0.1) is 11.6 Å². The molecule has 1 N–H and O–H groups in total. The van der Waals surface area contributed by atoms with Crippen LogP contribution >= 0.6 is 0 Å². The number of likely N-dealkylation sites (tertiary alicyclic amines) is 1. The monoisotopic (exact) mass is 391 g/mol. The highest BCUT2D eigenvalue weighted by Gasteiger charge is 2.41. The van der Waals surface area contributed by atoms with E-state index >= 15 is 0 Å². The number of rotatable bonds is 4. The SMILES string of the molecule is Cc1ccc(C)c(C(c2ccccc2C(F)(F)F)N2CCCCC2C(=O)O)c1. The zero-order chi connectivity index (χ0) is 20.5. The van der Waals surface area contributed by atoms with Crippen LogP contribution in [0.1, 0.15) is 53.1 Å². The quantitative estimate of drug-likeness (QED) is 0.764. The summed E-state index contributed by atoms with van der Waals surface area (Å²) in [7, 11) is 0. The summed E-state index contributed by atoms with van der Waals surface area (Å²) in [4.78, 5) is 13.6. The number of aliphatic carboxylic acids is 1. The first-order valence-corrected chi connectivity index (χ1v) is 9.42. The summed E-state index contributed by atoms with van der Waals surface area (Å²) < 4.78 is 41.4. The van der Waals surface area contributed by atoms with Crippen molar-refractivity contribution in [2.75, 3.05) is 6.54 Å². The van der Waals surface area contributed by atoms with Gasteiger partial charge in [0.15, 0.2) is 0 Å². The molecule has 0 bridgehead atoms. The normalized spacial score (nSPS) is 19.4. The Bertz CT molecular complexity index is 863. The van der Waals surface area contributed by atoms with Gasteiger partial charge in [0.1, 0.15) is 6.04 Å². The Labute approximate surface area is 162 Å². The molecule has 150 valence electrons. The largest absolute Gasteiger partial charge is 0.480 e. The highest BCUT2D eigenvalue weighted by atomic mass is 19.4. The number of aryl methyl sites for hydroxylation is 2.